The van der Waals surface area contributed by atoms with E-state index in [1.165, 1.54) is 10.9 Å². The third-order valence-corrected chi connectivity index (χ3v) is 5.19. The molecular weight excluding hydrogens is 432 g/mol. The fourth-order valence-corrected chi connectivity index (χ4v) is 3.23. The van der Waals surface area contributed by atoms with Gasteiger partial charge in [-0.3, -0.25) is 14.2 Å². The topological polar surface area (TPSA) is 64.7 Å². The minimum Gasteiger partial charge on any atom is -0.306 e. The number of benzene rings is 1. The molecule has 0 unspecified atom stereocenters. The summed E-state index contributed by atoms with van der Waals surface area (Å²) in [7, 11) is 0. The van der Waals surface area contributed by atoms with Gasteiger partial charge in [0.25, 0.3) is 5.91 Å². The largest absolute Gasteiger partial charge is 0.306 e. The second-order valence-electron chi connectivity index (χ2n) is 6.34. The van der Waals surface area contributed by atoms with E-state index >= 15 is 0 Å². The Hall–Kier alpha value is -1.73. The van der Waals surface area contributed by atoms with Crippen LogP contribution >= 0.6 is 46.4 Å². The van der Waals surface area contributed by atoms with E-state index in [0.29, 0.717) is 32.2 Å². The van der Waals surface area contributed by atoms with Crippen molar-refractivity contribution in [2.24, 2.45) is 0 Å². The molecule has 27 heavy (non-hydrogen) atoms. The molecule has 0 aliphatic rings. The smallest absolute Gasteiger partial charge is 0.253 e. The minimum absolute atomic E-state index is 0.233. The molecule has 0 bridgehead atoms. The second kappa shape index (κ2) is 7.72. The highest BCUT2D eigenvalue weighted by atomic mass is 35.5. The Kier molecular flexibility index (Phi) is 5.72. The second-order valence-corrected chi connectivity index (χ2v) is 8.00. The number of aromatic nitrogens is 4. The summed E-state index contributed by atoms with van der Waals surface area (Å²) in [5, 5.41) is 12.9. The van der Waals surface area contributed by atoms with Gasteiger partial charge in [-0.15, -0.1) is 0 Å². The fourth-order valence-electron chi connectivity index (χ4n) is 2.38. The van der Waals surface area contributed by atoms with E-state index < -0.39 is 5.54 Å². The molecule has 1 N–H and O–H groups in total. The quantitative estimate of drug-likeness (QED) is 0.591. The highest BCUT2D eigenvalue weighted by Gasteiger charge is 2.31. The number of nitrogens with zero attached hydrogens (tertiary/aromatic N) is 4. The van der Waals surface area contributed by atoms with Crippen molar-refractivity contribution in [2.45, 2.75) is 25.9 Å². The van der Waals surface area contributed by atoms with Crippen molar-refractivity contribution in [3.05, 3.63) is 62.4 Å². The molecule has 0 aliphatic heterocycles. The number of rotatable bonds is 5. The molecule has 3 rings (SSSR count). The molecule has 0 spiro atoms. The van der Waals surface area contributed by atoms with Crippen LogP contribution in [0.5, 0.6) is 0 Å². The van der Waals surface area contributed by atoms with Crippen LogP contribution in [0.25, 0.3) is 0 Å². The van der Waals surface area contributed by atoms with Gasteiger partial charge >= 0.3 is 0 Å². The average Bonchev–Trinajstić information content (AvgIpc) is 3.18. The Morgan fingerprint density at radius 2 is 1.78 bits per heavy atom. The fraction of sp³-hybridized carbons (Fsp3) is 0.235. The number of hydrogen-bond acceptors (Lipinski definition) is 3. The van der Waals surface area contributed by atoms with Crippen LogP contribution in [-0.4, -0.2) is 25.5 Å². The summed E-state index contributed by atoms with van der Waals surface area (Å²) in [4.78, 5) is 12.7. The number of amides is 1. The molecule has 6 nitrogen and oxygen atoms in total. The third kappa shape index (κ3) is 4.24. The first-order valence-corrected chi connectivity index (χ1v) is 9.37. The van der Waals surface area contributed by atoms with Crippen LogP contribution in [0.3, 0.4) is 0 Å². The summed E-state index contributed by atoms with van der Waals surface area (Å²) >= 11 is 24.5. The normalized spacial score (nSPS) is 11.6. The zero-order chi connectivity index (χ0) is 19.8. The van der Waals surface area contributed by atoms with Gasteiger partial charge in [0.2, 0.25) is 0 Å². The van der Waals surface area contributed by atoms with Gasteiger partial charge in [-0.1, -0.05) is 52.5 Å². The summed E-state index contributed by atoms with van der Waals surface area (Å²) in [5.74, 6) is -0.110. The van der Waals surface area contributed by atoms with Crippen LogP contribution in [0.1, 0.15) is 19.4 Å². The lowest BCUT2D eigenvalue weighted by Gasteiger charge is -2.23. The summed E-state index contributed by atoms with van der Waals surface area (Å²) in [6, 6.07) is 5.25. The van der Waals surface area contributed by atoms with E-state index in [4.69, 9.17) is 46.4 Å². The summed E-state index contributed by atoms with van der Waals surface area (Å²) in [6.45, 7) is 3.73. The molecule has 1 amide bonds. The maximum Gasteiger partial charge on any atom is 0.253 e. The van der Waals surface area contributed by atoms with Gasteiger partial charge in [0.1, 0.15) is 10.6 Å². The maximum atomic E-state index is 12.7. The molecule has 0 saturated heterocycles. The zero-order valence-corrected chi connectivity index (χ0v) is 17.4. The molecule has 3 aromatic rings. The molecule has 2 heterocycles. The van der Waals surface area contributed by atoms with Crippen molar-refractivity contribution >= 4 is 58.1 Å². The standard InChI is InChI=1S/C17H15Cl4N5O/c1-17(2,26-7-10(18)6-22-26)16(27)23-15-14(21)9-25(24-15)8-11-12(19)4-3-5-13(11)20/h3-7,9H,8H2,1-2H3,(H,23,24,27). The third-order valence-electron chi connectivity index (χ3n) is 4.01. The Labute approximate surface area is 176 Å². The van der Waals surface area contributed by atoms with Gasteiger partial charge in [-0.05, 0) is 26.0 Å². The number of nitrogens with one attached hydrogen (secondary N) is 1. The minimum atomic E-state index is -0.994. The van der Waals surface area contributed by atoms with E-state index in [1.807, 2.05) is 0 Å². The molecule has 0 aliphatic carbocycles. The molecule has 0 fully saturated rings. The number of anilines is 1. The van der Waals surface area contributed by atoms with Crippen LogP contribution in [0, 0.1) is 0 Å². The number of hydrogen-bond donors (Lipinski definition) is 1. The van der Waals surface area contributed by atoms with Crippen molar-refractivity contribution in [3.8, 4) is 0 Å². The predicted octanol–water partition coefficient (Wildman–Crippen LogP) is 5.12. The van der Waals surface area contributed by atoms with E-state index in [-0.39, 0.29) is 11.7 Å². The molecule has 142 valence electrons. The molecule has 1 aromatic carbocycles. The number of carbonyl (C=O) groups is 1. The van der Waals surface area contributed by atoms with Gasteiger partial charge in [-0.25, -0.2) is 0 Å². The lowest BCUT2D eigenvalue weighted by Crippen LogP contribution is -2.40. The Bertz CT molecular complexity index is 975. The molecular formula is C17H15Cl4N5O. The summed E-state index contributed by atoms with van der Waals surface area (Å²) in [5.41, 5.74) is -0.281. The van der Waals surface area contributed by atoms with Crippen molar-refractivity contribution in [3.63, 3.8) is 0 Å². The molecule has 10 heteroatoms. The summed E-state index contributed by atoms with van der Waals surface area (Å²) < 4.78 is 3.03. The lowest BCUT2D eigenvalue weighted by atomic mass is 10.1. The van der Waals surface area contributed by atoms with Crippen molar-refractivity contribution < 1.29 is 4.79 Å². The SMILES string of the molecule is CC(C)(C(=O)Nc1nn(Cc2c(Cl)cccc2Cl)cc1Cl)n1cc(Cl)cn1. The first-order chi connectivity index (χ1) is 12.7. The average molecular weight is 447 g/mol. The predicted molar refractivity (Wildman–Crippen MR) is 108 cm³/mol. The molecule has 0 saturated carbocycles. The van der Waals surface area contributed by atoms with Crippen LogP contribution < -0.4 is 5.32 Å². The van der Waals surface area contributed by atoms with E-state index in [1.54, 1.807) is 49.1 Å². The monoisotopic (exact) mass is 445 g/mol. The van der Waals surface area contributed by atoms with Crippen LogP contribution in [0.15, 0.2) is 36.8 Å². The van der Waals surface area contributed by atoms with Gasteiger partial charge < -0.3 is 5.32 Å². The molecule has 2 aromatic heterocycles. The maximum absolute atomic E-state index is 12.7. The first kappa shape index (κ1) is 20.0. The molecule has 0 atom stereocenters. The number of halogens is 4. The Morgan fingerprint density at radius 1 is 1.11 bits per heavy atom. The molecule has 0 radical (unpaired) electrons. The lowest BCUT2D eigenvalue weighted by molar-refractivity contribution is -0.123. The van der Waals surface area contributed by atoms with Gasteiger partial charge in [0, 0.05) is 28.0 Å². The first-order valence-electron chi connectivity index (χ1n) is 7.86. The van der Waals surface area contributed by atoms with E-state index in [0.717, 1.165) is 0 Å². The zero-order valence-electron chi connectivity index (χ0n) is 14.4. The highest BCUT2D eigenvalue weighted by molar-refractivity contribution is 6.36. The van der Waals surface area contributed by atoms with Crippen molar-refractivity contribution in [1.82, 2.24) is 19.6 Å². The van der Waals surface area contributed by atoms with Crippen molar-refractivity contribution in [1.29, 1.82) is 0 Å². The van der Waals surface area contributed by atoms with E-state index in [9.17, 15) is 4.79 Å². The highest BCUT2D eigenvalue weighted by Crippen LogP contribution is 2.27. The van der Waals surface area contributed by atoms with Gasteiger partial charge in [0.05, 0.1) is 17.8 Å². The van der Waals surface area contributed by atoms with Crippen LogP contribution in [0.2, 0.25) is 20.1 Å². The van der Waals surface area contributed by atoms with Gasteiger partial charge in [-0.2, -0.15) is 10.2 Å². The van der Waals surface area contributed by atoms with Crippen LogP contribution in [-0.2, 0) is 16.9 Å². The Balaban J connectivity index is 1.80. The number of carbonyl (C=O) groups excluding carboxylic acids is 1. The Morgan fingerprint density at radius 3 is 2.37 bits per heavy atom. The van der Waals surface area contributed by atoms with Crippen molar-refractivity contribution in [2.75, 3.05) is 5.32 Å². The van der Waals surface area contributed by atoms with E-state index in [2.05, 4.69) is 15.5 Å². The van der Waals surface area contributed by atoms with Crippen LogP contribution in [0.4, 0.5) is 5.82 Å². The van der Waals surface area contributed by atoms with Gasteiger partial charge in [0.15, 0.2) is 5.82 Å². The summed E-state index contributed by atoms with van der Waals surface area (Å²) in [6.07, 6.45) is 4.63.